The lowest BCUT2D eigenvalue weighted by Crippen LogP contribution is -2.05. The number of hydrogen-bond acceptors (Lipinski definition) is 3. The first kappa shape index (κ1) is 13.0. The summed E-state index contributed by atoms with van der Waals surface area (Å²) in [4.78, 5) is 0. The molecule has 0 fully saturated rings. The smallest absolute Gasteiger partial charge is 0.119 e. The Balaban J connectivity index is 2.53. The van der Waals surface area contributed by atoms with Gasteiger partial charge in [-0.2, -0.15) is 0 Å². The van der Waals surface area contributed by atoms with Crippen molar-refractivity contribution in [2.24, 2.45) is 5.92 Å². The summed E-state index contributed by atoms with van der Waals surface area (Å²) < 4.78 is 5.53. The molecule has 90 valence electrons. The van der Waals surface area contributed by atoms with Gasteiger partial charge in [-0.15, -0.1) is 0 Å². The maximum atomic E-state index is 9.63. The van der Waals surface area contributed by atoms with Crippen LogP contribution in [0.1, 0.15) is 31.9 Å². The number of ether oxygens (including phenoxy) is 1. The maximum absolute atomic E-state index is 9.63. The molecule has 0 radical (unpaired) electrons. The van der Waals surface area contributed by atoms with Crippen molar-refractivity contribution in [2.45, 2.75) is 26.4 Å². The summed E-state index contributed by atoms with van der Waals surface area (Å²) in [6.45, 7) is 4.88. The second-order valence-corrected chi connectivity index (χ2v) is 4.30. The average molecular weight is 224 g/mol. The fraction of sp³-hybridized carbons (Fsp3) is 0.538. The molecule has 0 aliphatic carbocycles. The van der Waals surface area contributed by atoms with E-state index in [-0.39, 0.29) is 6.61 Å². The first-order valence-corrected chi connectivity index (χ1v) is 5.65. The van der Waals surface area contributed by atoms with Crippen LogP contribution in [0.2, 0.25) is 0 Å². The lowest BCUT2D eigenvalue weighted by Gasteiger charge is -2.11. The topological polar surface area (TPSA) is 49.7 Å². The molecule has 1 aromatic carbocycles. The molecule has 0 aromatic heterocycles. The zero-order valence-corrected chi connectivity index (χ0v) is 9.89. The third kappa shape index (κ3) is 4.21. The van der Waals surface area contributed by atoms with Gasteiger partial charge in [-0.1, -0.05) is 26.0 Å². The van der Waals surface area contributed by atoms with E-state index in [0.29, 0.717) is 18.9 Å². The van der Waals surface area contributed by atoms with Crippen LogP contribution in [0.15, 0.2) is 24.3 Å². The van der Waals surface area contributed by atoms with Gasteiger partial charge in [-0.25, -0.2) is 0 Å². The van der Waals surface area contributed by atoms with Crippen molar-refractivity contribution in [3.05, 3.63) is 29.8 Å². The summed E-state index contributed by atoms with van der Waals surface area (Å²) in [6, 6.07) is 7.35. The Morgan fingerprint density at radius 2 is 1.81 bits per heavy atom. The van der Waals surface area contributed by atoms with E-state index in [1.54, 1.807) is 0 Å². The Morgan fingerprint density at radius 3 is 2.31 bits per heavy atom. The van der Waals surface area contributed by atoms with Crippen LogP contribution in [0.25, 0.3) is 0 Å². The first-order chi connectivity index (χ1) is 7.63. The minimum atomic E-state index is -0.593. The van der Waals surface area contributed by atoms with E-state index in [1.165, 1.54) is 0 Å². The second kappa shape index (κ2) is 6.51. The number of aliphatic hydroxyl groups is 2. The predicted molar refractivity (Wildman–Crippen MR) is 63.4 cm³/mol. The third-order valence-corrected chi connectivity index (χ3v) is 2.25. The number of rotatable bonds is 6. The molecule has 3 nitrogen and oxygen atoms in total. The summed E-state index contributed by atoms with van der Waals surface area (Å²) in [5.74, 6) is 1.31. The average Bonchev–Trinajstić information content (AvgIpc) is 2.27. The van der Waals surface area contributed by atoms with E-state index in [9.17, 15) is 5.11 Å². The van der Waals surface area contributed by atoms with Crippen LogP contribution < -0.4 is 4.74 Å². The molecule has 0 aliphatic heterocycles. The zero-order valence-electron chi connectivity index (χ0n) is 9.89. The van der Waals surface area contributed by atoms with Crippen LogP contribution >= 0.6 is 0 Å². The summed E-state index contributed by atoms with van der Waals surface area (Å²) in [6.07, 6.45) is -0.226. The summed E-state index contributed by atoms with van der Waals surface area (Å²) >= 11 is 0. The quantitative estimate of drug-likeness (QED) is 0.778. The molecule has 0 bridgehead atoms. The molecule has 16 heavy (non-hydrogen) atoms. The van der Waals surface area contributed by atoms with E-state index in [2.05, 4.69) is 13.8 Å². The van der Waals surface area contributed by atoms with Gasteiger partial charge in [0.05, 0.1) is 12.7 Å². The van der Waals surface area contributed by atoms with Crippen molar-refractivity contribution >= 4 is 0 Å². The van der Waals surface area contributed by atoms with Gasteiger partial charge < -0.3 is 14.9 Å². The molecule has 2 N–H and O–H groups in total. The van der Waals surface area contributed by atoms with Gasteiger partial charge in [0.25, 0.3) is 0 Å². The highest BCUT2D eigenvalue weighted by molar-refractivity contribution is 5.28. The van der Waals surface area contributed by atoms with Crippen LogP contribution in [-0.2, 0) is 0 Å². The molecule has 1 atom stereocenters. The molecule has 1 rings (SSSR count). The monoisotopic (exact) mass is 224 g/mol. The van der Waals surface area contributed by atoms with Gasteiger partial charge in [-0.05, 0) is 23.6 Å². The van der Waals surface area contributed by atoms with Gasteiger partial charge in [-0.3, -0.25) is 0 Å². The minimum absolute atomic E-state index is 0.00718. The van der Waals surface area contributed by atoms with E-state index in [1.807, 2.05) is 24.3 Å². The molecule has 0 spiro atoms. The van der Waals surface area contributed by atoms with Crippen LogP contribution in [0, 0.1) is 5.92 Å². The van der Waals surface area contributed by atoms with Crippen molar-refractivity contribution < 1.29 is 14.9 Å². The van der Waals surface area contributed by atoms with Crippen LogP contribution in [0.3, 0.4) is 0 Å². The van der Waals surface area contributed by atoms with Crippen molar-refractivity contribution in [1.82, 2.24) is 0 Å². The van der Waals surface area contributed by atoms with Gasteiger partial charge in [0.15, 0.2) is 0 Å². The van der Waals surface area contributed by atoms with Crippen molar-refractivity contribution in [1.29, 1.82) is 0 Å². The van der Waals surface area contributed by atoms with Crippen LogP contribution in [0.4, 0.5) is 0 Å². The van der Waals surface area contributed by atoms with E-state index < -0.39 is 6.10 Å². The Bertz CT molecular complexity index is 293. The molecule has 1 aromatic rings. The molecule has 1 unspecified atom stereocenters. The standard InChI is InChI=1S/C13H20O3/c1-10(2)9-16-12-5-3-11(4-6-12)13(15)7-8-14/h3-6,10,13-15H,7-9H2,1-2H3. The number of hydrogen-bond donors (Lipinski definition) is 2. The summed E-state index contributed by atoms with van der Waals surface area (Å²) in [7, 11) is 0. The predicted octanol–water partition coefficient (Wildman–Crippen LogP) is 2.14. The molecule has 0 heterocycles. The number of benzene rings is 1. The Kier molecular flexibility index (Phi) is 5.29. The largest absolute Gasteiger partial charge is 0.493 e. The highest BCUT2D eigenvalue weighted by Gasteiger charge is 2.06. The van der Waals surface area contributed by atoms with Gasteiger partial charge in [0, 0.05) is 13.0 Å². The van der Waals surface area contributed by atoms with Crippen molar-refractivity contribution in [3.63, 3.8) is 0 Å². The van der Waals surface area contributed by atoms with Gasteiger partial charge >= 0.3 is 0 Å². The Morgan fingerprint density at radius 1 is 1.19 bits per heavy atom. The molecular weight excluding hydrogens is 204 g/mol. The highest BCUT2D eigenvalue weighted by atomic mass is 16.5. The molecule has 0 amide bonds. The van der Waals surface area contributed by atoms with Crippen molar-refractivity contribution in [2.75, 3.05) is 13.2 Å². The fourth-order valence-electron chi connectivity index (χ4n) is 1.34. The summed E-state index contributed by atoms with van der Waals surface area (Å²) in [5, 5.41) is 18.3. The molecule has 0 aliphatic rings. The second-order valence-electron chi connectivity index (χ2n) is 4.30. The van der Waals surface area contributed by atoms with E-state index in [0.717, 1.165) is 11.3 Å². The lowest BCUT2D eigenvalue weighted by molar-refractivity contribution is 0.134. The minimum Gasteiger partial charge on any atom is -0.493 e. The van der Waals surface area contributed by atoms with E-state index in [4.69, 9.17) is 9.84 Å². The Hall–Kier alpha value is -1.06. The van der Waals surface area contributed by atoms with Crippen LogP contribution in [-0.4, -0.2) is 23.4 Å². The fourth-order valence-corrected chi connectivity index (χ4v) is 1.34. The molecule has 0 saturated carbocycles. The van der Waals surface area contributed by atoms with Gasteiger partial charge in [0.1, 0.15) is 5.75 Å². The highest BCUT2D eigenvalue weighted by Crippen LogP contribution is 2.20. The zero-order chi connectivity index (χ0) is 12.0. The molecule has 3 heteroatoms. The maximum Gasteiger partial charge on any atom is 0.119 e. The third-order valence-electron chi connectivity index (χ3n) is 2.25. The SMILES string of the molecule is CC(C)COc1ccc(C(O)CCO)cc1. The first-order valence-electron chi connectivity index (χ1n) is 5.65. The van der Waals surface area contributed by atoms with E-state index >= 15 is 0 Å². The molecular formula is C13H20O3. The lowest BCUT2D eigenvalue weighted by atomic mass is 10.1. The molecule has 0 saturated heterocycles. The number of aliphatic hydroxyl groups excluding tert-OH is 2. The Labute approximate surface area is 96.7 Å². The van der Waals surface area contributed by atoms with Crippen molar-refractivity contribution in [3.8, 4) is 5.75 Å². The van der Waals surface area contributed by atoms with Gasteiger partial charge in [0.2, 0.25) is 0 Å². The normalized spacial score (nSPS) is 12.8. The van der Waals surface area contributed by atoms with Crippen LogP contribution in [0.5, 0.6) is 5.75 Å². The summed E-state index contributed by atoms with van der Waals surface area (Å²) in [5.41, 5.74) is 0.811.